The first-order chi connectivity index (χ1) is 15.7. The van der Waals surface area contributed by atoms with Gasteiger partial charge in [0, 0.05) is 49.8 Å². The monoisotopic (exact) mass is 495 g/mol. The van der Waals surface area contributed by atoms with Gasteiger partial charge in [-0.15, -0.1) is 12.4 Å². The van der Waals surface area contributed by atoms with Crippen molar-refractivity contribution in [2.45, 2.75) is 12.0 Å². The highest BCUT2D eigenvalue weighted by Gasteiger charge is 2.50. The molecule has 11 heteroatoms. The Balaban J connectivity index is 0.00000274. The van der Waals surface area contributed by atoms with E-state index < -0.39 is 40.0 Å². The largest absolute Gasteiger partial charge is 0.477 e. The highest BCUT2D eigenvalue weighted by molar-refractivity contribution is 5.94. The molecule has 0 radical (unpaired) electrons. The number of nitrogens with two attached hydrogens (primary N) is 1. The van der Waals surface area contributed by atoms with Crippen LogP contribution in [0.1, 0.15) is 16.8 Å². The zero-order chi connectivity index (χ0) is 23.5. The SMILES string of the molecule is Cl.NCC12CN(c3cc4c(cc3F)c(=O)c(C(=O)O)cn4-c3ccc(F)cc3F)CC1CCO2. The van der Waals surface area contributed by atoms with E-state index in [1.165, 1.54) is 6.07 Å². The summed E-state index contributed by atoms with van der Waals surface area (Å²) in [7, 11) is 0. The molecule has 2 aliphatic heterocycles. The van der Waals surface area contributed by atoms with Gasteiger partial charge in [0.05, 0.1) is 16.9 Å². The predicted molar refractivity (Wildman–Crippen MR) is 122 cm³/mol. The molecule has 3 heterocycles. The van der Waals surface area contributed by atoms with Gasteiger partial charge in [0.2, 0.25) is 5.43 Å². The van der Waals surface area contributed by atoms with Crippen molar-refractivity contribution in [2.75, 3.05) is 31.1 Å². The molecule has 3 aromatic rings. The number of halogens is 4. The normalized spacial score (nSPS) is 21.5. The number of carboxylic acid groups (broad SMARTS) is 1. The van der Waals surface area contributed by atoms with Crippen LogP contribution >= 0.6 is 12.4 Å². The first-order valence-corrected chi connectivity index (χ1v) is 10.4. The zero-order valence-electron chi connectivity index (χ0n) is 17.8. The number of hydrogen-bond acceptors (Lipinski definition) is 5. The van der Waals surface area contributed by atoms with Gasteiger partial charge in [0.15, 0.2) is 0 Å². The van der Waals surface area contributed by atoms with Crippen molar-refractivity contribution in [3.05, 3.63) is 69.8 Å². The molecule has 5 rings (SSSR count). The Morgan fingerprint density at radius 2 is 1.91 bits per heavy atom. The molecule has 2 saturated heterocycles. The number of carboxylic acids is 1. The number of nitrogens with zero attached hydrogens (tertiary/aromatic N) is 2. The molecule has 7 nitrogen and oxygen atoms in total. The van der Waals surface area contributed by atoms with Crippen LogP contribution in [0.25, 0.3) is 16.6 Å². The van der Waals surface area contributed by atoms with Crippen molar-refractivity contribution in [3.63, 3.8) is 0 Å². The number of ether oxygens (including phenoxy) is 1. The molecule has 2 unspecified atom stereocenters. The molecule has 0 aliphatic carbocycles. The lowest BCUT2D eigenvalue weighted by molar-refractivity contribution is 0.0126. The fourth-order valence-corrected chi connectivity index (χ4v) is 4.95. The van der Waals surface area contributed by atoms with Gasteiger partial charge in [-0.1, -0.05) is 0 Å². The highest BCUT2D eigenvalue weighted by atomic mass is 35.5. The van der Waals surface area contributed by atoms with E-state index in [-0.39, 0.29) is 47.1 Å². The zero-order valence-corrected chi connectivity index (χ0v) is 18.6. The van der Waals surface area contributed by atoms with E-state index in [0.717, 1.165) is 35.4 Å². The number of benzene rings is 2. The first-order valence-electron chi connectivity index (χ1n) is 10.4. The number of pyridine rings is 1. The topological polar surface area (TPSA) is 97.8 Å². The Hall–Kier alpha value is -3.08. The molecule has 34 heavy (non-hydrogen) atoms. The molecule has 0 spiro atoms. The second-order valence-electron chi connectivity index (χ2n) is 8.45. The van der Waals surface area contributed by atoms with Crippen LogP contribution in [0.15, 0.2) is 41.3 Å². The molecule has 2 aliphatic rings. The van der Waals surface area contributed by atoms with Gasteiger partial charge in [-0.25, -0.2) is 18.0 Å². The lowest BCUT2D eigenvalue weighted by atomic mass is 9.91. The Morgan fingerprint density at radius 3 is 2.56 bits per heavy atom. The molecule has 2 fully saturated rings. The minimum absolute atomic E-state index is 0. The number of hydrogen-bond donors (Lipinski definition) is 2. The van der Waals surface area contributed by atoms with Gasteiger partial charge in [0.25, 0.3) is 0 Å². The molecular weight excluding hydrogens is 475 g/mol. The number of rotatable bonds is 4. The standard InChI is InChI=1S/C23H20F3N3O4.ClH/c24-13-1-2-18(16(25)5-13)29-9-15(22(31)32)21(30)14-6-17(26)20(7-19(14)29)28-8-12-3-4-33-23(12,10-27)11-28;/h1-2,5-7,9,12H,3-4,8,10-11,27H2,(H,31,32);1H. The second-order valence-corrected chi connectivity index (χ2v) is 8.45. The number of anilines is 1. The summed E-state index contributed by atoms with van der Waals surface area (Å²) in [4.78, 5) is 26.2. The quantitative estimate of drug-likeness (QED) is 0.577. The Labute approximate surface area is 197 Å². The number of aromatic nitrogens is 1. The van der Waals surface area contributed by atoms with Crippen molar-refractivity contribution in [2.24, 2.45) is 11.7 Å². The van der Waals surface area contributed by atoms with E-state index in [1.54, 1.807) is 4.90 Å². The van der Waals surface area contributed by atoms with Crippen molar-refractivity contribution < 1.29 is 27.8 Å². The molecule has 0 saturated carbocycles. The summed E-state index contributed by atoms with van der Waals surface area (Å²) in [6.07, 6.45) is 1.75. The van der Waals surface area contributed by atoms with Gasteiger partial charge < -0.3 is 25.0 Å². The summed E-state index contributed by atoms with van der Waals surface area (Å²) in [5.41, 5.74) is 3.87. The fourth-order valence-electron chi connectivity index (χ4n) is 4.95. The second kappa shape index (κ2) is 8.61. The van der Waals surface area contributed by atoms with Crippen molar-refractivity contribution >= 4 is 35.0 Å². The maximum atomic E-state index is 15.2. The van der Waals surface area contributed by atoms with Gasteiger partial charge in [-0.05, 0) is 30.7 Å². The van der Waals surface area contributed by atoms with Crippen LogP contribution in [0.3, 0.4) is 0 Å². The molecule has 2 aromatic carbocycles. The Bertz CT molecular complexity index is 1370. The van der Waals surface area contributed by atoms with E-state index in [1.807, 2.05) is 0 Å². The maximum absolute atomic E-state index is 15.2. The number of fused-ring (bicyclic) bond motifs is 2. The lowest BCUT2D eigenvalue weighted by Gasteiger charge is -2.27. The Morgan fingerprint density at radius 1 is 1.18 bits per heavy atom. The van der Waals surface area contributed by atoms with Crippen LogP contribution in [0.4, 0.5) is 18.9 Å². The predicted octanol–water partition coefficient (Wildman–Crippen LogP) is 3.08. The molecule has 0 bridgehead atoms. The fraction of sp³-hybridized carbons (Fsp3) is 0.304. The van der Waals surface area contributed by atoms with Crippen LogP contribution in [0.5, 0.6) is 0 Å². The van der Waals surface area contributed by atoms with Gasteiger partial charge in [-0.3, -0.25) is 4.79 Å². The third-order valence-electron chi connectivity index (χ3n) is 6.66. The molecule has 3 N–H and O–H groups in total. The summed E-state index contributed by atoms with van der Waals surface area (Å²) in [5, 5.41) is 9.23. The molecule has 1 aromatic heterocycles. The molecule has 2 atom stereocenters. The van der Waals surface area contributed by atoms with E-state index in [2.05, 4.69) is 0 Å². The van der Waals surface area contributed by atoms with Crippen molar-refractivity contribution in [1.82, 2.24) is 4.57 Å². The molecular formula is C23H21ClF3N3O4. The molecule has 0 amide bonds. The summed E-state index contributed by atoms with van der Waals surface area (Å²) >= 11 is 0. The van der Waals surface area contributed by atoms with Crippen molar-refractivity contribution in [3.8, 4) is 5.69 Å². The lowest BCUT2D eigenvalue weighted by Crippen LogP contribution is -2.44. The van der Waals surface area contributed by atoms with E-state index in [0.29, 0.717) is 25.8 Å². The summed E-state index contributed by atoms with van der Waals surface area (Å²) in [5.74, 6) is -3.93. The van der Waals surface area contributed by atoms with Crippen molar-refractivity contribution in [1.29, 1.82) is 0 Å². The Kier molecular flexibility index (Phi) is 6.09. The summed E-state index contributed by atoms with van der Waals surface area (Å²) in [6, 6.07) is 5.12. The average molecular weight is 496 g/mol. The average Bonchev–Trinajstić information content (AvgIpc) is 3.32. The van der Waals surface area contributed by atoms with E-state index in [9.17, 15) is 23.5 Å². The van der Waals surface area contributed by atoms with Crippen LogP contribution in [-0.4, -0.2) is 47.5 Å². The van der Waals surface area contributed by atoms with Crippen LogP contribution in [0, 0.1) is 23.4 Å². The van der Waals surface area contributed by atoms with Crippen LogP contribution in [0.2, 0.25) is 0 Å². The third kappa shape index (κ3) is 3.62. The van der Waals surface area contributed by atoms with Gasteiger partial charge in [0.1, 0.15) is 28.6 Å². The van der Waals surface area contributed by atoms with Crippen LogP contribution < -0.4 is 16.1 Å². The third-order valence-corrected chi connectivity index (χ3v) is 6.66. The van der Waals surface area contributed by atoms with Crippen LogP contribution in [-0.2, 0) is 4.74 Å². The smallest absolute Gasteiger partial charge is 0.341 e. The van der Waals surface area contributed by atoms with E-state index in [4.69, 9.17) is 10.5 Å². The number of aromatic carboxylic acids is 1. The molecule has 180 valence electrons. The highest BCUT2D eigenvalue weighted by Crippen LogP contribution is 2.41. The maximum Gasteiger partial charge on any atom is 0.341 e. The summed E-state index contributed by atoms with van der Waals surface area (Å²) in [6.45, 7) is 1.69. The number of carbonyl (C=O) groups is 1. The van der Waals surface area contributed by atoms with Gasteiger partial charge in [-0.2, -0.15) is 0 Å². The minimum Gasteiger partial charge on any atom is -0.477 e. The first kappa shape index (κ1) is 24.1. The van der Waals surface area contributed by atoms with E-state index >= 15 is 4.39 Å². The summed E-state index contributed by atoms with van der Waals surface area (Å²) < 4.78 is 50.3. The van der Waals surface area contributed by atoms with Gasteiger partial charge >= 0.3 is 5.97 Å². The minimum atomic E-state index is -1.54.